The van der Waals surface area contributed by atoms with Crippen LogP contribution >= 0.6 is 0 Å². The Morgan fingerprint density at radius 3 is 2.69 bits per heavy atom. The molecule has 0 aromatic carbocycles. The number of nitrogens with zero attached hydrogens (tertiary/aromatic N) is 1. The number of piperidine rings is 1. The molecule has 0 aromatic rings. The van der Waals surface area contributed by atoms with Crippen molar-refractivity contribution in [2.45, 2.75) is 52.0 Å². The number of likely N-dealkylation sites (tertiary alicyclic amines) is 1. The second-order valence-electron chi connectivity index (χ2n) is 5.90. The van der Waals surface area contributed by atoms with Gasteiger partial charge in [-0.2, -0.15) is 0 Å². The van der Waals surface area contributed by atoms with E-state index in [4.69, 9.17) is 5.11 Å². The van der Waals surface area contributed by atoms with Crippen molar-refractivity contribution >= 4 is 5.97 Å². The minimum atomic E-state index is -0.629. The third-order valence-electron chi connectivity index (χ3n) is 4.53. The van der Waals surface area contributed by atoms with Gasteiger partial charge in [0.15, 0.2) is 0 Å². The molecule has 92 valence electrons. The predicted molar refractivity (Wildman–Crippen MR) is 63.4 cm³/mol. The molecular weight excluding hydrogens is 202 g/mol. The van der Waals surface area contributed by atoms with Crippen molar-refractivity contribution in [3.05, 3.63) is 0 Å². The summed E-state index contributed by atoms with van der Waals surface area (Å²) in [5, 5.41) is 8.92. The molecule has 0 amide bonds. The van der Waals surface area contributed by atoms with Gasteiger partial charge in [-0.1, -0.05) is 6.92 Å². The molecule has 1 aliphatic carbocycles. The van der Waals surface area contributed by atoms with E-state index in [1.807, 2.05) is 0 Å². The topological polar surface area (TPSA) is 40.5 Å². The maximum Gasteiger partial charge on any atom is 0.303 e. The van der Waals surface area contributed by atoms with Crippen molar-refractivity contribution < 1.29 is 9.90 Å². The Morgan fingerprint density at radius 1 is 1.44 bits per heavy atom. The summed E-state index contributed by atoms with van der Waals surface area (Å²) >= 11 is 0. The lowest BCUT2D eigenvalue weighted by Gasteiger charge is -2.39. The molecule has 16 heavy (non-hydrogen) atoms. The van der Waals surface area contributed by atoms with Gasteiger partial charge < -0.3 is 5.11 Å². The van der Waals surface area contributed by atoms with Crippen LogP contribution in [0.4, 0.5) is 0 Å². The Bertz CT molecular complexity index is 273. The monoisotopic (exact) mass is 225 g/mol. The summed E-state index contributed by atoms with van der Waals surface area (Å²) in [4.78, 5) is 13.3. The summed E-state index contributed by atoms with van der Waals surface area (Å²) in [5.74, 6) is 0.129. The molecule has 1 saturated carbocycles. The Hall–Kier alpha value is -0.570. The molecule has 1 aliphatic heterocycles. The lowest BCUT2D eigenvalue weighted by molar-refractivity contribution is -0.138. The third-order valence-corrected chi connectivity index (χ3v) is 4.53. The van der Waals surface area contributed by atoms with E-state index in [9.17, 15) is 4.79 Å². The van der Waals surface area contributed by atoms with Crippen LogP contribution in [0.5, 0.6) is 0 Å². The number of hydrogen-bond donors (Lipinski definition) is 1. The zero-order chi connectivity index (χ0) is 11.8. The largest absolute Gasteiger partial charge is 0.481 e. The molecule has 2 aliphatic rings. The Kier molecular flexibility index (Phi) is 3.24. The van der Waals surface area contributed by atoms with Crippen LogP contribution < -0.4 is 0 Å². The lowest BCUT2D eigenvalue weighted by Crippen LogP contribution is -2.45. The molecule has 1 saturated heterocycles. The van der Waals surface area contributed by atoms with Gasteiger partial charge in [-0.15, -0.1) is 0 Å². The molecule has 0 aromatic heterocycles. The number of carboxylic acid groups (broad SMARTS) is 1. The third kappa shape index (κ3) is 2.57. The highest BCUT2D eigenvalue weighted by molar-refractivity contribution is 5.68. The molecule has 1 heterocycles. The zero-order valence-corrected chi connectivity index (χ0v) is 10.4. The Balaban J connectivity index is 1.91. The van der Waals surface area contributed by atoms with E-state index in [0.717, 1.165) is 31.8 Å². The van der Waals surface area contributed by atoms with Gasteiger partial charge in [-0.25, -0.2) is 0 Å². The first-order valence-electron chi connectivity index (χ1n) is 6.48. The van der Waals surface area contributed by atoms with E-state index in [1.54, 1.807) is 0 Å². The standard InChI is InChI=1S/C13H23NO2/c1-10-4-3-7-14(11(10)2)9-13(5-6-13)8-12(15)16/h10-11H,3-9H2,1-2H3,(H,15,16). The molecular formula is C13H23NO2. The molecule has 2 atom stereocenters. The number of carbonyl (C=O) groups is 1. The number of rotatable bonds is 4. The SMILES string of the molecule is CC1CCCN(CC2(CC(=O)O)CC2)C1C. The first-order valence-corrected chi connectivity index (χ1v) is 6.48. The Labute approximate surface area is 97.8 Å². The van der Waals surface area contributed by atoms with Crippen molar-refractivity contribution in [2.75, 3.05) is 13.1 Å². The van der Waals surface area contributed by atoms with Crippen molar-refractivity contribution in [1.29, 1.82) is 0 Å². The van der Waals surface area contributed by atoms with Gasteiger partial charge in [-0.05, 0) is 50.5 Å². The van der Waals surface area contributed by atoms with Crippen LogP contribution in [0.15, 0.2) is 0 Å². The van der Waals surface area contributed by atoms with Gasteiger partial charge in [0, 0.05) is 12.6 Å². The molecule has 0 bridgehead atoms. The molecule has 0 spiro atoms. The smallest absolute Gasteiger partial charge is 0.303 e. The summed E-state index contributed by atoms with van der Waals surface area (Å²) < 4.78 is 0. The summed E-state index contributed by atoms with van der Waals surface area (Å²) in [5.41, 5.74) is 0.122. The summed E-state index contributed by atoms with van der Waals surface area (Å²) in [6.07, 6.45) is 5.18. The Morgan fingerprint density at radius 2 is 2.12 bits per heavy atom. The van der Waals surface area contributed by atoms with Crippen LogP contribution in [0.1, 0.15) is 46.0 Å². The summed E-state index contributed by atoms with van der Waals surface area (Å²) in [6.45, 7) is 6.77. The van der Waals surface area contributed by atoms with Gasteiger partial charge >= 0.3 is 5.97 Å². The van der Waals surface area contributed by atoms with E-state index < -0.39 is 5.97 Å². The summed E-state index contributed by atoms with van der Waals surface area (Å²) in [7, 11) is 0. The minimum absolute atomic E-state index is 0.122. The number of aliphatic carboxylic acids is 1. The van der Waals surface area contributed by atoms with Crippen molar-refractivity contribution in [1.82, 2.24) is 4.90 Å². The van der Waals surface area contributed by atoms with Crippen LogP contribution in [0.2, 0.25) is 0 Å². The molecule has 1 N–H and O–H groups in total. The highest BCUT2D eigenvalue weighted by atomic mass is 16.4. The highest BCUT2D eigenvalue weighted by Crippen LogP contribution is 2.50. The molecule has 3 heteroatoms. The predicted octanol–water partition coefficient (Wildman–Crippen LogP) is 2.36. The normalized spacial score (nSPS) is 33.6. The number of hydrogen-bond acceptors (Lipinski definition) is 2. The fourth-order valence-corrected chi connectivity index (χ4v) is 2.96. The van der Waals surface area contributed by atoms with Crippen molar-refractivity contribution in [3.8, 4) is 0 Å². The van der Waals surface area contributed by atoms with Crippen LogP contribution in [0.3, 0.4) is 0 Å². The van der Waals surface area contributed by atoms with Gasteiger partial charge in [0.1, 0.15) is 0 Å². The van der Waals surface area contributed by atoms with Gasteiger partial charge in [-0.3, -0.25) is 9.69 Å². The van der Waals surface area contributed by atoms with Crippen molar-refractivity contribution in [3.63, 3.8) is 0 Å². The fraction of sp³-hybridized carbons (Fsp3) is 0.923. The molecule has 2 fully saturated rings. The quantitative estimate of drug-likeness (QED) is 0.798. The second kappa shape index (κ2) is 4.36. The first kappa shape index (κ1) is 11.9. The van der Waals surface area contributed by atoms with Crippen LogP contribution in [0, 0.1) is 11.3 Å². The maximum absolute atomic E-state index is 10.8. The van der Waals surface area contributed by atoms with E-state index >= 15 is 0 Å². The maximum atomic E-state index is 10.8. The lowest BCUT2D eigenvalue weighted by atomic mass is 9.90. The molecule has 2 rings (SSSR count). The first-order chi connectivity index (χ1) is 7.52. The van der Waals surface area contributed by atoms with E-state index in [1.165, 1.54) is 12.8 Å². The molecule has 0 radical (unpaired) electrons. The van der Waals surface area contributed by atoms with Crippen LogP contribution in [0.25, 0.3) is 0 Å². The van der Waals surface area contributed by atoms with Gasteiger partial charge in [0.2, 0.25) is 0 Å². The van der Waals surface area contributed by atoms with E-state index in [-0.39, 0.29) is 5.41 Å². The van der Waals surface area contributed by atoms with Crippen LogP contribution in [-0.2, 0) is 4.79 Å². The second-order valence-corrected chi connectivity index (χ2v) is 5.90. The van der Waals surface area contributed by atoms with E-state index in [2.05, 4.69) is 18.7 Å². The highest BCUT2D eigenvalue weighted by Gasteiger charge is 2.46. The average molecular weight is 225 g/mol. The van der Waals surface area contributed by atoms with Gasteiger partial charge in [0.05, 0.1) is 6.42 Å². The van der Waals surface area contributed by atoms with Crippen molar-refractivity contribution in [2.24, 2.45) is 11.3 Å². The summed E-state index contributed by atoms with van der Waals surface area (Å²) in [6, 6.07) is 0.625. The van der Waals surface area contributed by atoms with Gasteiger partial charge in [0.25, 0.3) is 0 Å². The molecule has 2 unspecified atom stereocenters. The minimum Gasteiger partial charge on any atom is -0.481 e. The zero-order valence-electron chi connectivity index (χ0n) is 10.4. The van der Waals surface area contributed by atoms with E-state index in [0.29, 0.717) is 12.5 Å². The van der Waals surface area contributed by atoms with Crippen LogP contribution in [-0.4, -0.2) is 35.1 Å². The average Bonchev–Trinajstić information content (AvgIpc) is 2.92. The number of carboxylic acids is 1. The molecule has 3 nitrogen and oxygen atoms in total. The fourth-order valence-electron chi connectivity index (χ4n) is 2.96.